The molecule has 0 spiro atoms. The quantitative estimate of drug-likeness (QED) is 0.730. The molecule has 0 saturated carbocycles. The van der Waals surface area contributed by atoms with Crippen LogP contribution in [0, 0.1) is 0 Å². The second kappa shape index (κ2) is 8.50. The molecule has 0 saturated heterocycles. The Morgan fingerprint density at radius 2 is 1.91 bits per heavy atom. The normalized spacial score (nSPS) is 12.3. The van der Waals surface area contributed by atoms with Gasteiger partial charge in [-0.25, -0.2) is 0 Å². The molecule has 1 unspecified atom stereocenters. The lowest BCUT2D eigenvalue weighted by molar-refractivity contribution is -0.148. The van der Waals surface area contributed by atoms with Crippen LogP contribution in [0.4, 0.5) is 0 Å². The lowest BCUT2D eigenvalue weighted by Gasteiger charge is -2.20. The number of esters is 1. The Hall–Kier alpha value is -2.11. The van der Waals surface area contributed by atoms with Gasteiger partial charge in [0, 0.05) is 18.0 Å². The van der Waals surface area contributed by atoms with Crippen molar-refractivity contribution in [2.45, 2.75) is 26.0 Å². The summed E-state index contributed by atoms with van der Waals surface area (Å²) in [6.45, 7) is 4.74. The number of carbonyl (C=O) groups is 1. The van der Waals surface area contributed by atoms with E-state index in [2.05, 4.69) is 5.32 Å². The van der Waals surface area contributed by atoms with Crippen LogP contribution in [-0.2, 0) is 9.53 Å². The fourth-order valence-corrected chi connectivity index (χ4v) is 2.24. The van der Waals surface area contributed by atoms with Crippen molar-refractivity contribution in [3.8, 4) is 5.75 Å². The molecule has 5 heteroatoms. The molecule has 0 aliphatic carbocycles. The third-order valence-corrected chi connectivity index (χ3v) is 3.39. The molecule has 0 aliphatic heterocycles. The summed E-state index contributed by atoms with van der Waals surface area (Å²) in [4.78, 5) is 11.5. The minimum absolute atomic E-state index is 0.132. The molecule has 0 fully saturated rings. The highest BCUT2D eigenvalue weighted by molar-refractivity contribution is 5.88. The molecule has 2 aromatic rings. The van der Waals surface area contributed by atoms with E-state index in [0.717, 1.165) is 16.5 Å². The van der Waals surface area contributed by atoms with Gasteiger partial charge in [-0.3, -0.25) is 4.79 Å². The van der Waals surface area contributed by atoms with Crippen molar-refractivity contribution in [1.82, 2.24) is 5.32 Å². The van der Waals surface area contributed by atoms with E-state index in [1.165, 1.54) is 0 Å². The Balaban J connectivity index is 2.05. The molecule has 0 amide bonds. The predicted molar refractivity (Wildman–Crippen MR) is 91.5 cm³/mol. The molecule has 3 N–H and O–H groups in total. The van der Waals surface area contributed by atoms with Crippen molar-refractivity contribution in [3.63, 3.8) is 0 Å². The van der Waals surface area contributed by atoms with Crippen LogP contribution in [-0.4, -0.2) is 37.8 Å². The molecule has 0 aliphatic rings. The van der Waals surface area contributed by atoms with Crippen LogP contribution >= 0.6 is 0 Å². The number of carbonyl (C=O) groups excluding carboxylic acids is 1. The summed E-state index contributed by atoms with van der Waals surface area (Å²) in [5, 5.41) is 5.40. The number of rotatable bonds is 8. The van der Waals surface area contributed by atoms with Gasteiger partial charge in [0.05, 0.1) is 6.54 Å². The van der Waals surface area contributed by atoms with Crippen molar-refractivity contribution in [3.05, 3.63) is 42.5 Å². The van der Waals surface area contributed by atoms with Crippen molar-refractivity contribution < 1.29 is 14.3 Å². The highest BCUT2D eigenvalue weighted by Crippen LogP contribution is 2.25. The molecular weight excluding hydrogens is 292 g/mol. The number of fused-ring (bicyclic) bond motifs is 1. The fraction of sp³-hybridized carbons (Fsp3) is 0.389. The molecule has 2 aromatic carbocycles. The van der Waals surface area contributed by atoms with E-state index >= 15 is 0 Å². The number of hydrogen-bond acceptors (Lipinski definition) is 5. The summed E-state index contributed by atoms with van der Waals surface area (Å²) in [6, 6.07) is 14.2. The lowest BCUT2D eigenvalue weighted by Crippen LogP contribution is -2.39. The SMILES string of the molecule is CC(C)NCC(COc1cccc2ccccc12)OC(=O)CN. The highest BCUT2D eigenvalue weighted by Gasteiger charge is 2.15. The summed E-state index contributed by atoms with van der Waals surface area (Å²) < 4.78 is 11.2. The minimum Gasteiger partial charge on any atom is -0.489 e. The van der Waals surface area contributed by atoms with Gasteiger partial charge in [-0.05, 0) is 11.5 Å². The molecule has 0 heterocycles. The van der Waals surface area contributed by atoms with Gasteiger partial charge in [-0.2, -0.15) is 0 Å². The van der Waals surface area contributed by atoms with Crippen molar-refractivity contribution in [2.75, 3.05) is 19.7 Å². The third-order valence-electron chi connectivity index (χ3n) is 3.39. The van der Waals surface area contributed by atoms with Crippen LogP contribution in [0.3, 0.4) is 0 Å². The first kappa shape index (κ1) is 17.2. The van der Waals surface area contributed by atoms with E-state index < -0.39 is 5.97 Å². The molecule has 1 atom stereocenters. The topological polar surface area (TPSA) is 73.6 Å². The molecular formula is C18H24N2O3. The Labute approximate surface area is 136 Å². The highest BCUT2D eigenvalue weighted by atomic mass is 16.6. The van der Waals surface area contributed by atoms with Crippen molar-refractivity contribution >= 4 is 16.7 Å². The third kappa shape index (κ3) is 5.23. The first-order valence-electron chi connectivity index (χ1n) is 7.83. The van der Waals surface area contributed by atoms with Gasteiger partial charge in [-0.15, -0.1) is 0 Å². The number of ether oxygens (including phenoxy) is 2. The second-order valence-corrected chi connectivity index (χ2v) is 5.67. The smallest absolute Gasteiger partial charge is 0.320 e. The largest absolute Gasteiger partial charge is 0.489 e. The maximum atomic E-state index is 11.5. The Morgan fingerprint density at radius 3 is 2.65 bits per heavy atom. The van der Waals surface area contributed by atoms with Crippen LogP contribution < -0.4 is 15.8 Å². The average Bonchev–Trinajstić information content (AvgIpc) is 2.56. The van der Waals surface area contributed by atoms with E-state index in [4.69, 9.17) is 15.2 Å². The van der Waals surface area contributed by atoms with Crippen LogP contribution in [0.15, 0.2) is 42.5 Å². The van der Waals surface area contributed by atoms with E-state index in [1.54, 1.807) is 0 Å². The van der Waals surface area contributed by atoms with Crippen molar-refractivity contribution in [1.29, 1.82) is 0 Å². The van der Waals surface area contributed by atoms with Gasteiger partial charge in [0.2, 0.25) is 0 Å². The molecule has 0 radical (unpaired) electrons. The maximum Gasteiger partial charge on any atom is 0.320 e. The van der Waals surface area contributed by atoms with E-state index in [0.29, 0.717) is 12.6 Å². The zero-order chi connectivity index (χ0) is 16.7. The van der Waals surface area contributed by atoms with E-state index in [1.807, 2.05) is 56.3 Å². The Morgan fingerprint density at radius 1 is 1.17 bits per heavy atom. The molecule has 5 nitrogen and oxygen atoms in total. The molecule has 23 heavy (non-hydrogen) atoms. The van der Waals surface area contributed by atoms with E-state index in [9.17, 15) is 4.79 Å². The zero-order valence-corrected chi connectivity index (χ0v) is 13.6. The standard InChI is InChI=1S/C18H24N2O3/c1-13(2)20-11-15(23-18(21)10-19)12-22-17-9-5-7-14-6-3-4-8-16(14)17/h3-9,13,15,20H,10-12,19H2,1-2H3. The predicted octanol–water partition coefficient (Wildman–Crippen LogP) is 2.09. The number of nitrogens with one attached hydrogen (secondary N) is 1. The van der Waals surface area contributed by atoms with Crippen LogP contribution in [0.2, 0.25) is 0 Å². The summed E-state index contributed by atoms with van der Waals surface area (Å²) in [5.41, 5.74) is 5.32. The fourth-order valence-electron chi connectivity index (χ4n) is 2.24. The summed E-state index contributed by atoms with van der Waals surface area (Å²) in [6.07, 6.45) is -0.382. The number of nitrogens with two attached hydrogens (primary N) is 1. The van der Waals surface area contributed by atoms with Crippen LogP contribution in [0.1, 0.15) is 13.8 Å². The molecule has 0 bridgehead atoms. The molecule has 2 rings (SSSR count). The first-order chi connectivity index (χ1) is 11.1. The van der Waals surface area contributed by atoms with Gasteiger partial charge < -0.3 is 20.5 Å². The number of benzene rings is 2. The van der Waals surface area contributed by atoms with Crippen LogP contribution in [0.5, 0.6) is 5.75 Å². The Kier molecular flexibility index (Phi) is 6.38. The summed E-state index contributed by atoms with van der Waals surface area (Å²) in [7, 11) is 0. The van der Waals surface area contributed by atoms with Crippen molar-refractivity contribution in [2.24, 2.45) is 5.73 Å². The Bertz CT molecular complexity index is 638. The van der Waals surface area contributed by atoms with Gasteiger partial charge >= 0.3 is 5.97 Å². The van der Waals surface area contributed by atoms with Gasteiger partial charge in [0.25, 0.3) is 0 Å². The van der Waals surface area contributed by atoms with Gasteiger partial charge in [0.15, 0.2) is 0 Å². The van der Waals surface area contributed by atoms with Crippen LogP contribution in [0.25, 0.3) is 10.8 Å². The lowest BCUT2D eigenvalue weighted by atomic mass is 10.1. The number of hydrogen-bond donors (Lipinski definition) is 2. The monoisotopic (exact) mass is 316 g/mol. The molecule has 0 aromatic heterocycles. The van der Waals surface area contributed by atoms with Gasteiger partial charge in [0.1, 0.15) is 18.5 Å². The minimum atomic E-state index is -0.429. The second-order valence-electron chi connectivity index (χ2n) is 5.67. The maximum absolute atomic E-state index is 11.5. The first-order valence-corrected chi connectivity index (χ1v) is 7.83. The summed E-state index contributed by atoms with van der Waals surface area (Å²) >= 11 is 0. The van der Waals surface area contributed by atoms with Gasteiger partial charge in [-0.1, -0.05) is 50.2 Å². The molecule has 124 valence electrons. The average molecular weight is 316 g/mol. The zero-order valence-electron chi connectivity index (χ0n) is 13.6. The summed E-state index contributed by atoms with van der Waals surface area (Å²) in [5.74, 6) is 0.350. The van der Waals surface area contributed by atoms with E-state index in [-0.39, 0.29) is 19.3 Å².